The van der Waals surface area contributed by atoms with Crippen LogP contribution in [0.4, 0.5) is 0 Å². The first kappa shape index (κ1) is 11.6. The molecule has 1 saturated carbocycles. The van der Waals surface area contributed by atoms with E-state index in [0.717, 1.165) is 18.4 Å². The zero-order chi connectivity index (χ0) is 11.4. The van der Waals surface area contributed by atoms with Crippen molar-refractivity contribution in [2.45, 2.75) is 52.1 Å². The monoisotopic (exact) mass is 221 g/mol. The average molecular weight is 221 g/mol. The average Bonchev–Trinajstić information content (AvgIpc) is 2.79. The molecule has 1 aromatic rings. The second kappa shape index (κ2) is 5.48. The fourth-order valence-electron chi connectivity index (χ4n) is 2.83. The van der Waals surface area contributed by atoms with Gasteiger partial charge in [-0.3, -0.25) is 0 Å². The van der Waals surface area contributed by atoms with Gasteiger partial charge in [0.05, 0.1) is 6.33 Å². The van der Waals surface area contributed by atoms with E-state index in [1.807, 2.05) is 6.20 Å². The second-order valence-corrected chi connectivity index (χ2v) is 5.26. The number of aromatic amines is 1. The highest BCUT2D eigenvalue weighted by Gasteiger charge is 2.26. The summed E-state index contributed by atoms with van der Waals surface area (Å²) in [5.74, 6) is 1.64. The molecule has 2 atom stereocenters. The van der Waals surface area contributed by atoms with E-state index in [0.29, 0.717) is 6.04 Å². The molecule has 1 aromatic heterocycles. The molecule has 16 heavy (non-hydrogen) atoms. The van der Waals surface area contributed by atoms with Crippen LogP contribution in [-0.4, -0.2) is 16.0 Å². The van der Waals surface area contributed by atoms with Crippen molar-refractivity contribution in [2.24, 2.45) is 11.8 Å². The Balaban J connectivity index is 1.86. The van der Waals surface area contributed by atoms with Gasteiger partial charge in [-0.1, -0.05) is 26.7 Å². The van der Waals surface area contributed by atoms with Crippen LogP contribution >= 0.6 is 0 Å². The molecule has 3 nitrogen and oxygen atoms in total. The third-order valence-electron chi connectivity index (χ3n) is 3.79. The minimum Gasteiger partial charge on any atom is -0.347 e. The van der Waals surface area contributed by atoms with Crippen molar-refractivity contribution >= 4 is 0 Å². The molecule has 1 heterocycles. The number of nitrogens with zero attached hydrogens (tertiary/aromatic N) is 1. The molecule has 2 unspecified atom stereocenters. The summed E-state index contributed by atoms with van der Waals surface area (Å²) in [6.07, 6.45) is 9.16. The lowest BCUT2D eigenvalue weighted by Gasteiger charge is -2.35. The third-order valence-corrected chi connectivity index (χ3v) is 3.79. The molecular formula is C13H23N3. The van der Waals surface area contributed by atoms with Crippen molar-refractivity contribution < 1.29 is 0 Å². The van der Waals surface area contributed by atoms with Gasteiger partial charge in [-0.15, -0.1) is 0 Å². The van der Waals surface area contributed by atoms with Gasteiger partial charge in [0.1, 0.15) is 0 Å². The largest absolute Gasteiger partial charge is 0.347 e. The lowest BCUT2D eigenvalue weighted by molar-refractivity contribution is 0.204. The van der Waals surface area contributed by atoms with E-state index < -0.39 is 0 Å². The van der Waals surface area contributed by atoms with Gasteiger partial charge in [-0.2, -0.15) is 0 Å². The maximum Gasteiger partial charge on any atom is 0.0922 e. The number of aromatic nitrogens is 2. The highest BCUT2D eigenvalue weighted by molar-refractivity contribution is 4.95. The number of hydrogen-bond donors (Lipinski definition) is 2. The zero-order valence-corrected chi connectivity index (χ0v) is 10.4. The topological polar surface area (TPSA) is 40.7 Å². The van der Waals surface area contributed by atoms with Gasteiger partial charge in [-0.05, 0) is 24.7 Å². The van der Waals surface area contributed by atoms with Gasteiger partial charge < -0.3 is 10.3 Å². The van der Waals surface area contributed by atoms with Crippen LogP contribution < -0.4 is 5.32 Å². The third kappa shape index (κ3) is 2.85. The van der Waals surface area contributed by atoms with Gasteiger partial charge in [-0.25, -0.2) is 4.98 Å². The fourth-order valence-corrected chi connectivity index (χ4v) is 2.83. The van der Waals surface area contributed by atoms with Crippen LogP contribution in [0.15, 0.2) is 12.5 Å². The molecule has 0 bridgehead atoms. The Morgan fingerprint density at radius 3 is 2.94 bits per heavy atom. The Morgan fingerprint density at radius 2 is 2.25 bits per heavy atom. The van der Waals surface area contributed by atoms with Crippen molar-refractivity contribution in [3.05, 3.63) is 18.2 Å². The smallest absolute Gasteiger partial charge is 0.0922 e. The lowest BCUT2D eigenvalue weighted by Crippen LogP contribution is -2.40. The Kier molecular flexibility index (Phi) is 3.99. The Hall–Kier alpha value is -0.830. The van der Waals surface area contributed by atoms with Gasteiger partial charge in [0.15, 0.2) is 0 Å². The highest BCUT2D eigenvalue weighted by Crippen LogP contribution is 2.30. The molecule has 0 amide bonds. The summed E-state index contributed by atoms with van der Waals surface area (Å²) in [6, 6.07) is 0.692. The zero-order valence-electron chi connectivity index (χ0n) is 10.4. The van der Waals surface area contributed by atoms with Crippen molar-refractivity contribution in [3.63, 3.8) is 0 Å². The van der Waals surface area contributed by atoms with Crippen LogP contribution in [0, 0.1) is 11.8 Å². The minimum atomic E-state index is 0.692. The Labute approximate surface area is 98.1 Å². The molecular weight excluding hydrogens is 198 g/mol. The SMILES string of the molecule is CC(C)C1CCCCC1NCc1cnc[nH]1. The van der Waals surface area contributed by atoms with E-state index in [-0.39, 0.29) is 0 Å². The van der Waals surface area contributed by atoms with E-state index in [1.165, 1.54) is 31.4 Å². The van der Waals surface area contributed by atoms with Crippen LogP contribution in [0.3, 0.4) is 0 Å². The molecule has 3 heteroatoms. The molecule has 2 N–H and O–H groups in total. The summed E-state index contributed by atoms with van der Waals surface area (Å²) in [4.78, 5) is 7.19. The summed E-state index contributed by atoms with van der Waals surface area (Å²) in [6.45, 7) is 5.62. The maximum absolute atomic E-state index is 4.04. The molecule has 2 rings (SSSR count). The van der Waals surface area contributed by atoms with Gasteiger partial charge in [0.2, 0.25) is 0 Å². The molecule has 0 aromatic carbocycles. The molecule has 0 radical (unpaired) electrons. The van der Waals surface area contributed by atoms with Crippen molar-refractivity contribution in [1.29, 1.82) is 0 Å². The highest BCUT2D eigenvalue weighted by atomic mass is 15.0. The number of rotatable bonds is 4. The lowest BCUT2D eigenvalue weighted by atomic mass is 9.78. The van der Waals surface area contributed by atoms with Gasteiger partial charge in [0, 0.05) is 24.5 Å². The number of nitrogens with one attached hydrogen (secondary N) is 2. The van der Waals surface area contributed by atoms with Crippen LogP contribution in [0.25, 0.3) is 0 Å². The molecule has 0 saturated heterocycles. The van der Waals surface area contributed by atoms with E-state index in [9.17, 15) is 0 Å². The molecule has 0 spiro atoms. The first-order chi connectivity index (χ1) is 7.77. The van der Waals surface area contributed by atoms with Crippen molar-refractivity contribution in [1.82, 2.24) is 15.3 Å². The Bertz CT molecular complexity index is 292. The van der Waals surface area contributed by atoms with Crippen molar-refractivity contribution in [3.8, 4) is 0 Å². The minimum absolute atomic E-state index is 0.692. The Morgan fingerprint density at radius 1 is 1.44 bits per heavy atom. The van der Waals surface area contributed by atoms with Crippen LogP contribution in [0.2, 0.25) is 0 Å². The first-order valence-electron chi connectivity index (χ1n) is 6.48. The predicted octanol–water partition coefficient (Wildman–Crippen LogP) is 2.71. The van der Waals surface area contributed by atoms with Crippen LogP contribution in [0.1, 0.15) is 45.2 Å². The summed E-state index contributed by atoms with van der Waals surface area (Å²) in [5.41, 5.74) is 1.19. The number of imidazole rings is 1. The van der Waals surface area contributed by atoms with Crippen LogP contribution in [0.5, 0.6) is 0 Å². The quantitative estimate of drug-likeness (QED) is 0.820. The summed E-state index contributed by atoms with van der Waals surface area (Å²) in [5, 5.41) is 3.68. The molecule has 1 aliphatic rings. The standard InChI is InChI=1S/C13H23N3/c1-10(2)12-5-3-4-6-13(12)15-8-11-7-14-9-16-11/h7,9-10,12-13,15H,3-6,8H2,1-2H3,(H,14,16). The molecule has 0 aliphatic heterocycles. The van der Waals surface area contributed by atoms with E-state index in [2.05, 4.69) is 29.1 Å². The normalized spacial score (nSPS) is 26.2. The fraction of sp³-hybridized carbons (Fsp3) is 0.769. The van der Waals surface area contributed by atoms with Gasteiger partial charge >= 0.3 is 0 Å². The van der Waals surface area contributed by atoms with Crippen molar-refractivity contribution in [2.75, 3.05) is 0 Å². The summed E-state index contributed by atoms with van der Waals surface area (Å²) < 4.78 is 0. The maximum atomic E-state index is 4.04. The van der Waals surface area contributed by atoms with Gasteiger partial charge in [0.25, 0.3) is 0 Å². The first-order valence-corrected chi connectivity index (χ1v) is 6.48. The van der Waals surface area contributed by atoms with Crippen LogP contribution in [-0.2, 0) is 6.54 Å². The number of hydrogen-bond acceptors (Lipinski definition) is 2. The van der Waals surface area contributed by atoms with E-state index in [1.54, 1.807) is 6.33 Å². The summed E-state index contributed by atoms with van der Waals surface area (Å²) in [7, 11) is 0. The molecule has 1 aliphatic carbocycles. The predicted molar refractivity (Wildman–Crippen MR) is 66.0 cm³/mol. The molecule has 1 fully saturated rings. The van der Waals surface area contributed by atoms with E-state index in [4.69, 9.17) is 0 Å². The number of H-pyrrole nitrogens is 1. The second-order valence-electron chi connectivity index (χ2n) is 5.26. The van der Waals surface area contributed by atoms with E-state index >= 15 is 0 Å². The summed E-state index contributed by atoms with van der Waals surface area (Å²) >= 11 is 0. The molecule has 90 valence electrons.